The first kappa shape index (κ1) is 12.5. The first-order valence-electron chi connectivity index (χ1n) is 4.62. The number of hydrogen-bond donors (Lipinski definition) is 1. The van der Waals surface area contributed by atoms with Crippen molar-refractivity contribution in [2.45, 2.75) is 18.5 Å². The first-order chi connectivity index (χ1) is 7.60. The molecule has 1 rings (SSSR count). The monoisotopic (exact) mass is 244 g/mol. The largest absolute Gasteiger partial charge is 0.336 e. The van der Waals surface area contributed by atoms with Crippen LogP contribution >= 0.6 is 0 Å². The zero-order valence-electron chi connectivity index (χ0n) is 8.74. The number of azide groups is 1. The molecule has 0 bridgehead atoms. The van der Waals surface area contributed by atoms with Gasteiger partial charge in [0.1, 0.15) is 0 Å². The molecule has 16 heavy (non-hydrogen) atoms. The molecule has 0 fully saturated rings. The van der Waals surface area contributed by atoms with Crippen molar-refractivity contribution in [1.82, 2.24) is 14.3 Å². The third kappa shape index (κ3) is 3.23. The summed E-state index contributed by atoms with van der Waals surface area (Å²) in [4.78, 5) is 6.28. The van der Waals surface area contributed by atoms with Crippen LogP contribution in [0.1, 0.15) is 6.92 Å². The van der Waals surface area contributed by atoms with E-state index in [1.165, 1.54) is 12.5 Å². The highest BCUT2D eigenvalue weighted by molar-refractivity contribution is 7.89. The fourth-order valence-electron chi connectivity index (χ4n) is 1.000. The molecule has 1 aromatic rings. The van der Waals surface area contributed by atoms with E-state index in [1.54, 1.807) is 4.57 Å². The lowest BCUT2D eigenvalue weighted by Gasteiger charge is -2.00. The van der Waals surface area contributed by atoms with Gasteiger partial charge in [-0.1, -0.05) is 5.11 Å². The second-order valence-electron chi connectivity index (χ2n) is 2.89. The van der Waals surface area contributed by atoms with Crippen LogP contribution < -0.4 is 4.72 Å². The molecule has 0 unspecified atom stereocenters. The number of rotatable bonds is 6. The van der Waals surface area contributed by atoms with Gasteiger partial charge in [-0.05, 0) is 12.5 Å². The second-order valence-corrected chi connectivity index (χ2v) is 4.61. The Morgan fingerprint density at radius 3 is 3.00 bits per heavy atom. The molecule has 1 heterocycles. The van der Waals surface area contributed by atoms with Crippen molar-refractivity contribution in [1.29, 1.82) is 0 Å². The van der Waals surface area contributed by atoms with Gasteiger partial charge in [-0.15, -0.1) is 0 Å². The van der Waals surface area contributed by atoms with E-state index in [0.717, 1.165) is 0 Å². The molecule has 88 valence electrons. The maximum atomic E-state index is 11.6. The summed E-state index contributed by atoms with van der Waals surface area (Å²) in [7, 11) is -3.60. The zero-order chi connectivity index (χ0) is 12.0. The van der Waals surface area contributed by atoms with E-state index < -0.39 is 10.0 Å². The molecule has 1 N–H and O–H groups in total. The average molecular weight is 244 g/mol. The summed E-state index contributed by atoms with van der Waals surface area (Å²) in [5, 5.41) is 3.19. The Balaban J connectivity index is 2.66. The van der Waals surface area contributed by atoms with Crippen molar-refractivity contribution in [2.24, 2.45) is 5.11 Å². The van der Waals surface area contributed by atoms with Gasteiger partial charge < -0.3 is 4.57 Å². The minimum Gasteiger partial charge on any atom is -0.336 e. The summed E-state index contributed by atoms with van der Waals surface area (Å²) in [5.74, 6) is 0. The lowest BCUT2D eigenvalue weighted by molar-refractivity contribution is 0.578. The van der Waals surface area contributed by atoms with Crippen LogP contribution in [0.25, 0.3) is 10.4 Å². The van der Waals surface area contributed by atoms with E-state index in [9.17, 15) is 8.42 Å². The van der Waals surface area contributed by atoms with Gasteiger partial charge in [-0.3, -0.25) is 0 Å². The van der Waals surface area contributed by atoms with E-state index in [-0.39, 0.29) is 18.1 Å². The lowest BCUT2D eigenvalue weighted by Crippen LogP contribution is -2.26. The first-order valence-corrected chi connectivity index (χ1v) is 6.10. The van der Waals surface area contributed by atoms with E-state index in [0.29, 0.717) is 6.54 Å². The molecule has 0 saturated carbocycles. The van der Waals surface area contributed by atoms with E-state index in [1.807, 2.05) is 6.92 Å². The van der Waals surface area contributed by atoms with Crippen LogP contribution in [0.15, 0.2) is 22.7 Å². The third-order valence-corrected chi connectivity index (χ3v) is 3.16. The van der Waals surface area contributed by atoms with Gasteiger partial charge in [0.2, 0.25) is 0 Å². The van der Waals surface area contributed by atoms with Crippen molar-refractivity contribution >= 4 is 10.0 Å². The molecule has 0 radical (unpaired) electrons. The van der Waals surface area contributed by atoms with Crippen LogP contribution in [-0.4, -0.2) is 31.1 Å². The minimum absolute atomic E-state index is 0.0321. The maximum absolute atomic E-state index is 11.6. The third-order valence-electron chi connectivity index (χ3n) is 1.82. The van der Waals surface area contributed by atoms with Crippen molar-refractivity contribution < 1.29 is 8.42 Å². The van der Waals surface area contributed by atoms with Crippen LogP contribution in [0.3, 0.4) is 0 Å². The van der Waals surface area contributed by atoms with Gasteiger partial charge in [-0.2, -0.15) is 0 Å². The molecule has 0 aliphatic heterocycles. The summed E-state index contributed by atoms with van der Waals surface area (Å²) in [6, 6.07) is 0. The molecule has 0 spiro atoms. The molecule has 0 amide bonds. The summed E-state index contributed by atoms with van der Waals surface area (Å²) in [5.41, 5.74) is 8.01. The minimum atomic E-state index is -3.60. The van der Waals surface area contributed by atoms with Crippen molar-refractivity contribution in [3.05, 3.63) is 23.0 Å². The molecule has 0 saturated heterocycles. The number of nitrogens with zero attached hydrogens (tertiary/aromatic N) is 5. The summed E-state index contributed by atoms with van der Waals surface area (Å²) < 4.78 is 27.1. The predicted octanol–water partition coefficient (Wildman–Crippen LogP) is 0.492. The number of imidazole rings is 1. The topological polar surface area (TPSA) is 113 Å². The lowest BCUT2D eigenvalue weighted by atomic mass is 10.7. The highest BCUT2D eigenvalue weighted by Gasteiger charge is 2.15. The Morgan fingerprint density at radius 1 is 1.69 bits per heavy atom. The van der Waals surface area contributed by atoms with Gasteiger partial charge >= 0.3 is 0 Å². The number of aromatic nitrogens is 2. The standard InChI is InChI=1S/C7H12N6O2S/c1-2-13-5-7(9-6-13)16(14,15)11-4-3-10-12-8/h5-6,11H,2-4H2,1H3. The molecule has 8 nitrogen and oxygen atoms in total. The van der Waals surface area contributed by atoms with Crippen molar-refractivity contribution in [3.8, 4) is 0 Å². The summed E-state index contributed by atoms with van der Waals surface area (Å²) in [6.45, 7) is 2.67. The average Bonchev–Trinajstić information content (AvgIpc) is 2.73. The van der Waals surface area contributed by atoms with E-state index in [2.05, 4.69) is 19.7 Å². The summed E-state index contributed by atoms with van der Waals surface area (Å²) in [6.07, 6.45) is 2.89. The normalized spacial score (nSPS) is 11.1. The fourth-order valence-corrected chi connectivity index (χ4v) is 1.97. The maximum Gasteiger partial charge on any atom is 0.259 e. The van der Waals surface area contributed by atoms with Crippen LogP contribution in [0.5, 0.6) is 0 Å². The molecule has 0 atom stereocenters. The quantitative estimate of drug-likeness (QED) is 0.340. The Hall–Kier alpha value is -1.57. The number of hydrogen-bond acceptors (Lipinski definition) is 4. The van der Waals surface area contributed by atoms with Crippen LogP contribution in [-0.2, 0) is 16.6 Å². The van der Waals surface area contributed by atoms with Crippen LogP contribution in [0.4, 0.5) is 0 Å². The predicted molar refractivity (Wildman–Crippen MR) is 57.1 cm³/mol. The number of nitrogens with one attached hydrogen (secondary N) is 1. The Morgan fingerprint density at radius 2 is 2.44 bits per heavy atom. The van der Waals surface area contributed by atoms with Gasteiger partial charge in [-0.25, -0.2) is 18.1 Å². The molecular formula is C7H12N6O2S. The van der Waals surface area contributed by atoms with Crippen LogP contribution in [0, 0.1) is 0 Å². The van der Waals surface area contributed by atoms with Crippen molar-refractivity contribution in [2.75, 3.05) is 13.1 Å². The molecule has 1 aromatic heterocycles. The molecular weight excluding hydrogens is 232 g/mol. The van der Waals surface area contributed by atoms with E-state index in [4.69, 9.17) is 5.53 Å². The fraction of sp³-hybridized carbons (Fsp3) is 0.571. The van der Waals surface area contributed by atoms with E-state index >= 15 is 0 Å². The molecule has 9 heteroatoms. The number of aryl methyl sites for hydroxylation is 1. The smallest absolute Gasteiger partial charge is 0.259 e. The zero-order valence-corrected chi connectivity index (χ0v) is 9.55. The highest BCUT2D eigenvalue weighted by atomic mass is 32.2. The van der Waals surface area contributed by atoms with Gasteiger partial charge in [0.05, 0.1) is 6.33 Å². The Bertz CT molecular complexity index is 487. The highest BCUT2D eigenvalue weighted by Crippen LogP contribution is 2.04. The Labute approximate surface area is 93.0 Å². The second kappa shape index (κ2) is 5.50. The van der Waals surface area contributed by atoms with Crippen LogP contribution in [0.2, 0.25) is 0 Å². The molecule has 0 aliphatic carbocycles. The van der Waals surface area contributed by atoms with Gasteiger partial charge in [0.25, 0.3) is 10.0 Å². The van der Waals surface area contributed by atoms with Gasteiger partial charge in [0, 0.05) is 30.7 Å². The summed E-state index contributed by atoms with van der Waals surface area (Å²) >= 11 is 0. The SMILES string of the molecule is CCn1cnc(S(=O)(=O)NCCN=[N+]=[N-])c1. The van der Waals surface area contributed by atoms with Crippen molar-refractivity contribution in [3.63, 3.8) is 0 Å². The van der Waals surface area contributed by atoms with Gasteiger partial charge in [0.15, 0.2) is 5.03 Å². The number of sulfonamides is 1. The Kier molecular flexibility index (Phi) is 4.29. The molecule has 0 aliphatic rings. The molecule has 0 aromatic carbocycles.